The van der Waals surface area contributed by atoms with Crippen molar-refractivity contribution < 1.29 is 4.39 Å². The molecule has 2 nitrogen and oxygen atoms in total. The molecule has 1 fully saturated rings. The van der Waals surface area contributed by atoms with E-state index in [0.29, 0.717) is 5.69 Å². The first-order valence-corrected chi connectivity index (χ1v) is 7.11. The van der Waals surface area contributed by atoms with Crippen molar-refractivity contribution in [3.63, 3.8) is 0 Å². The molecule has 0 aliphatic carbocycles. The lowest BCUT2D eigenvalue weighted by molar-refractivity contribution is 0.273. The fourth-order valence-corrected chi connectivity index (χ4v) is 3.37. The Balaban J connectivity index is 2.00. The first-order chi connectivity index (χ1) is 8.19. The van der Waals surface area contributed by atoms with Crippen LogP contribution >= 0.6 is 11.8 Å². The predicted octanol–water partition coefficient (Wildman–Crippen LogP) is 2.74. The third kappa shape index (κ3) is 3.36. The molecule has 0 spiro atoms. The molecule has 0 radical (unpaired) electrons. The van der Waals surface area contributed by atoms with Crippen molar-refractivity contribution in [3.8, 4) is 0 Å². The minimum Gasteiger partial charge on any atom is -0.398 e. The first-order valence-electron chi connectivity index (χ1n) is 6.07. The van der Waals surface area contributed by atoms with Gasteiger partial charge in [-0.15, -0.1) is 0 Å². The van der Waals surface area contributed by atoms with Crippen LogP contribution in [-0.4, -0.2) is 29.0 Å². The normalized spacial score (nSPS) is 21.6. The summed E-state index contributed by atoms with van der Waals surface area (Å²) < 4.78 is 12.9. The number of benzene rings is 1. The lowest BCUT2D eigenvalue weighted by Gasteiger charge is -2.32. The van der Waals surface area contributed by atoms with E-state index in [4.69, 9.17) is 5.73 Å². The number of rotatable bonds is 3. The molecule has 1 heterocycles. The minimum absolute atomic E-state index is 0.258. The molecule has 1 aliphatic heterocycles. The highest BCUT2D eigenvalue weighted by molar-refractivity contribution is 8.00. The Bertz CT molecular complexity index is 384. The van der Waals surface area contributed by atoms with Gasteiger partial charge in [-0.1, -0.05) is 13.0 Å². The molecule has 2 N–H and O–H groups in total. The van der Waals surface area contributed by atoms with E-state index in [0.717, 1.165) is 30.4 Å². The molecule has 1 aromatic carbocycles. The predicted molar refractivity (Wildman–Crippen MR) is 72.6 cm³/mol. The highest BCUT2D eigenvalue weighted by Gasteiger charge is 2.19. The average molecular weight is 254 g/mol. The van der Waals surface area contributed by atoms with E-state index in [1.54, 1.807) is 6.07 Å². The van der Waals surface area contributed by atoms with E-state index in [9.17, 15) is 4.39 Å². The van der Waals surface area contributed by atoms with E-state index in [1.807, 2.05) is 0 Å². The Morgan fingerprint density at radius 2 is 2.35 bits per heavy atom. The molecule has 1 aliphatic rings. The second-order valence-corrected chi connectivity index (χ2v) is 5.89. The lowest BCUT2D eigenvalue weighted by Crippen LogP contribution is -2.37. The maximum atomic E-state index is 12.9. The van der Waals surface area contributed by atoms with E-state index in [-0.39, 0.29) is 5.82 Å². The van der Waals surface area contributed by atoms with Crippen LogP contribution in [0.15, 0.2) is 18.2 Å². The summed E-state index contributed by atoms with van der Waals surface area (Å²) in [6, 6.07) is 4.69. The van der Waals surface area contributed by atoms with E-state index < -0.39 is 0 Å². The van der Waals surface area contributed by atoms with Gasteiger partial charge in [0.2, 0.25) is 0 Å². The van der Waals surface area contributed by atoms with Gasteiger partial charge in [0.25, 0.3) is 0 Å². The molecular weight excluding hydrogens is 235 g/mol. The number of anilines is 1. The zero-order valence-corrected chi connectivity index (χ0v) is 11.0. The van der Waals surface area contributed by atoms with Crippen LogP contribution in [0.3, 0.4) is 0 Å². The number of hydrogen-bond acceptors (Lipinski definition) is 3. The molecule has 2 rings (SSSR count). The Morgan fingerprint density at radius 3 is 3.06 bits per heavy atom. The minimum atomic E-state index is -0.258. The molecule has 0 saturated carbocycles. The smallest absolute Gasteiger partial charge is 0.125 e. The number of thioether (sulfide) groups is 1. The summed E-state index contributed by atoms with van der Waals surface area (Å²) in [5, 5.41) is 0.727. The molecule has 0 aromatic heterocycles. The molecule has 0 amide bonds. The summed E-state index contributed by atoms with van der Waals surface area (Å²) in [6.07, 6.45) is 1.21. The monoisotopic (exact) mass is 254 g/mol. The van der Waals surface area contributed by atoms with Crippen LogP contribution in [0.2, 0.25) is 0 Å². The van der Waals surface area contributed by atoms with Crippen LogP contribution in [0.4, 0.5) is 10.1 Å². The number of hydrogen-bond donors (Lipinski definition) is 1. The summed E-state index contributed by atoms with van der Waals surface area (Å²) >= 11 is 2.05. The van der Waals surface area contributed by atoms with Crippen LogP contribution in [0.1, 0.15) is 18.9 Å². The summed E-state index contributed by atoms with van der Waals surface area (Å²) in [5.41, 5.74) is 7.44. The average Bonchev–Trinajstić information content (AvgIpc) is 2.33. The Kier molecular flexibility index (Phi) is 4.29. The molecule has 1 atom stereocenters. The van der Waals surface area contributed by atoms with Gasteiger partial charge in [-0.3, -0.25) is 4.90 Å². The first kappa shape index (κ1) is 12.7. The van der Waals surface area contributed by atoms with Gasteiger partial charge in [0.1, 0.15) is 5.82 Å². The van der Waals surface area contributed by atoms with Crippen molar-refractivity contribution in [2.24, 2.45) is 0 Å². The third-order valence-corrected chi connectivity index (χ3v) is 4.55. The third-order valence-electron chi connectivity index (χ3n) is 3.18. The Morgan fingerprint density at radius 1 is 1.53 bits per heavy atom. The Labute approximate surface area is 106 Å². The number of nitrogen functional groups attached to an aromatic ring is 1. The standard InChI is InChI=1S/C13H19FN2S/c1-2-12-9-16(5-6-17-12)8-10-3-4-11(14)7-13(10)15/h3-4,7,12H,2,5-6,8-9,15H2,1H3. The second-order valence-electron chi connectivity index (χ2n) is 4.48. The molecule has 0 bridgehead atoms. The van der Waals surface area contributed by atoms with Crippen LogP contribution in [0.25, 0.3) is 0 Å². The maximum absolute atomic E-state index is 12.9. The number of halogens is 1. The zero-order valence-electron chi connectivity index (χ0n) is 10.2. The summed E-state index contributed by atoms with van der Waals surface area (Å²) in [5.74, 6) is 0.923. The van der Waals surface area contributed by atoms with E-state index in [1.165, 1.54) is 24.3 Å². The molecule has 1 aromatic rings. The van der Waals surface area contributed by atoms with Gasteiger partial charge < -0.3 is 5.73 Å². The lowest BCUT2D eigenvalue weighted by atomic mass is 10.1. The fraction of sp³-hybridized carbons (Fsp3) is 0.538. The SMILES string of the molecule is CCC1CN(Cc2ccc(F)cc2N)CCS1. The van der Waals surface area contributed by atoms with Crippen LogP contribution in [-0.2, 0) is 6.54 Å². The quantitative estimate of drug-likeness (QED) is 0.841. The fourth-order valence-electron chi connectivity index (χ4n) is 2.12. The highest BCUT2D eigenvalue weighted by atomic mass is 32.2. The van der Waals surface area contributed by atoms with Crippen molar-refractivity contribution >= 4 is 17.4 Å². The number of nitrogens with two attached hydrogens (primary N) is 1. The van der Waals surface area contributed by atoms with Gasteiger partial charge >= 0.3 is 0 Å². The van der Waals surface area contributed by atoms with Crippen molar-refractivity contribution in [2.75, 3.05) is 24.6 Å². The molecular formula is C13H19FN2S. The van der Waals surface area contributed by atoms with Gasteiger partial charge in [0.05, 0.1) is 0 Å². The molecule has 94 valence electrons. The molecule has 4 heteroatoms. The number of nitrogens with zero attached hydrogens (tertiary/aromatic N) is 1. The highest BCUT2D eigenvalue weighted by Crippen LogP contribution is 2.23. The zero-order chi connectivity index (χ0) is 12.3. The second kappa shape index (κ2) is 5.74. The van der Waals surface area contributed by atoms with Gasteiger partial charge in [-0.2, -0.15) is 11.8 Å². The topological polar surface area (TPSA) is 29.3 Å². The van der Waals surface area contributed by atoms with Gasteiger partial charge in [-0.25, -0.2) is 4.39 Å². The Hall–Kier alpha value is -0.740. The van der Waals surface area contributed by atoms with E-state index in [2.05, 4.69) is 23.6 Å². The van der Waals surface area contributed by atoms with Gasteiger partial charge in [0.15, 0.2) is 0 Å². The van der Waals surface area contributed by atoms with Crippen LogP contribution in [0, 0.1) is 5.82 Å². The van der Waals surface area contributed by atoms with Crippen LogP contribution in [0.5, 0.6) is 0 Å². The summed E-state index contributed by atoms with van der Waals surface area (Å²) in [6.45, 7) is 5.27. The maximum Gasteiger partial charge on any atom is 0.125 e. The van der Waals surface area contributed by atoms with Gasteiger partial charge in [0, 0.05) is 36.3 Å². The van der Waals surface area contributed by atoms with Crippen molar-refractivity contribution in [3.05, 3.63) is 29.6 Å². The van der Waals surface area contributed by atoms with E-state index >= 15 is 0 Å². The molecule has 17 heavy (non-hydrogen) atoms. The molecule has 1 unspecified atom stereocenters. The van der Waals surface area contributed by atoms with Crippen molar-refractivity contribution in [2.45, 2.75) is 25.1 Å². The van der Waals surface area contributed by atoms with Crippen molar-refractivity contribution in [1.29, 1.82) is 0 Å². The summed E-state index contributed by atoms with van der Waals surface area (Å²) in [7, 11) is 0. The van der Waals surface area contributed by atoms with Gasteiger partial charge in [-0.05, 0) is 24.1 Å². The van der Waals surface area contributed by atoms with Crippen LogP contribution < -0.4 is 5.73 Å². The van der Waals surface area contributed by atoms with Crippen molar-refractivity contribution in [1.82, 2.24) is 4.90 Å². The summed E-state index contributed by atoms with van der Waals surface area (Å²) in [4.78, 5) is 2.41. The molecule has 1 saturated heterocycles. The largest absolute Gasteiger partial charge is 0.398 e.